The van der Waals surface area contributed by atoms with Crippen molar-refractivity contribution in [1.82, 2.24) is 5.32 Å². The molecule has 0 heterocycles. The highest BCUT2D eigenvalue weighted by molar-refractivity contribution is 5.76. The number of carbonyl (C=O) groups excluding carboxylic acids is 1. The molecule has 0 saturated heterocycles. The minimum absolute atomic E-state index is 0.0103. The van der Waals surface area contributed by atoms with E-state index in [0.717, 1.165) is 22.8 Å². The highest BCUT2D eigenvalue weighted by atomic mass is 16.5. The van der Waals surface area contributed by atoms with Crippen molar-refractivity contribution in [2.75, 3.05) is 27.4 Å². The Balaban J connectivity index is 1.63. The summed E-state index contributed by atoms with van der Waals surface area (Å²) in [6.07, 6.45) is 1.12. The Bertz CT molecular complexity index is 640. The van der Waals surface area contributed by atoms with Crippen LogP contribution in [0.5, 0.6) is 17.2 Å². The van der Waals surface area contributed by atoms with Crippen LogP contribution in [0.3, 0.4) is 0 Å². The number of hydrogen-bond acceptors (Lipinski definition) is 4. The summed E-state index contributed by atoms with van der Waals surface area (Å²) in [5.41, 5.74) is 1.08. The maximum Gasteiger partial charge on any atom is 0.220 e. The normalized spacial score (nSPS) is 10.1. The zero-order valence-corrected chi connectivity index (χ0v) is 14.1. The van der Waals surface area contributed by atoms with E-state index in [9.17, 15) is 4.79 Å². The number of aryl methyl sites for hydroxylation is 1. The van der Waals surface area contributed by atoms with Crippen LogP contribution in [-0.2, 0) is 11.2 Å². The summed E-state index contributed by atoms with van der Waals surface area (Å²) in [6, 6.07) is 15.1. The Morgan fingerprint density at radius 1 is 0.958 bits per heavy atom. The molecule has 128 valence electrons. The van der Waals surface area contributed by atoms with Gasteiger partial charge < -0.3 is 19.5 Å². The summed E-state index contributed by atoms with van der Waals surface area (Å²) < 4.78 is 15.8. The molecule has 0 aromatic heterocycles. The third-order valence-electron chi connectivity index (χ3n) is 3.53. The van der Waals surface area contributed by atoms with Crippen molar-refractivity contribution in [2.45, 2.75) is 12.8 Å². The van der Waals surface area contributed by atoms with Crippen LogP contribution in [0.1, 0.15) is 12.0 Å². The van der Waals surface area contributed by atoms with Gasteiger partial charge in [0.2, 0.25) is 5.91 Å². The lowest BCUT2D eigenvalue weighted by molar-refractivity contribution is -0.121. The maximum absolute atomic E-state index is 11.9. The van der Waals surface area contributed by atoms with Crippen molar-refractivity contribution in [3.8, 4) is 17.2 Å². The minimum Gasteiger partial charge on any atom is -0.497 e. The van der Waals surface area contributed by atoms with Crippen LogP contribution in [0, 0.1) is 0 Å². The van der Waals surface area contributed by atoms with Crippen LogP contribution in [0.15, 0.2) is 48.5 Å². The summed E-state index contributed by atoms with van der Waals surface area (Å²) in [5.74, 6) is 2.35. The molecule has 2 aromatic rings. The van der Waals surface area contributed by atoms with Crippen molar-refractivity contribution < 1.29 is 19.0 Å². The van der Waals surface area contributed by atoms with E-state index in [1.165, 1.54) is 0 Å². The highest BCUT2D eigenvalue weighted by Crippen LogP contribution is 2.16. The Kier molecular flexibility index (Phi) is 6.95. The second-order valence-electron chi connectivity index (χ2n) is 5.23. The Morgan fingerprint density at radius 2 is 1.67 bits per heavy atom. The van der Waals surface area contributed by atoms with Crippen molar-refractivity contribution in [3.05, 3.63) is 54.1 Å². The molecular formula is C19H23NO4. The second kappa shape index (κ2) is 9.45. The zero-order valence-electron chi connectivity index (χ0n) is 14.1. The standard InChI is InChI=1S/C19H23NO4/c1-22-16-7-9-17(10-8-16)24-13-12-20-19(21)11-6-15-4-3-5-18(14-15)23-2/h3-5,7-10,14H,6,11-13H2,1-2H3,(H,20,21). The van der Waals surface area contributed by atoms with Crippen molar-refractivity contribution in [3.63, 3.8) is 0 Å². The fraction of sp³-hybridized carbons (Fsp3) is 0.316. The van der Waals surface area contributed by atoms with Gasteiger partial charge in [-0.3, -0.25) is 4.79 Å². The molecule has 0 spiro atoms. The largest absolute Gasteiger partial charge is 0.497 e. The molecule has 0 bridgehead atoms. The Labute approximate surface area is 142 Å². The first-order valence-corrected chi connectivity index (χ1v) is 7.88. The first kappa shape index (κ1) is 17.7. The third-order valence-corrected chi connectivity index (χ3v) is 3.53. The van der Waals surface area contributed by atoms with Gasteiger partial charge in [0.1, 0.15) is 23.9 Å². The number of rotatable bonds is 9. The minimum atomic E-state index is 0.0103. The van der Waals surface area contributed by atoms with E-state index in [-0.39, 0.29) is 5.91 Å². The summed E-state index contributed by atoms with van der Waals surface area (Å²) in [6.45, 7) is 0.903. The van der Waals surface area contributed by atoms with Gasteiger partial charge in [-0.1, -0.05) is 12.1 Å². The van der Waals surface area contributed by atoms with E-state index < -0.39 is 0 Å². The molecule has 0 fully saturated rings. The van der Waals surface area contributed by atoms with E-state index >= 15 is 0 Å². The maximum atomic E-state index is 11.9. The molecule has 2 aromatic carbocycles. The summed E-state index contributed by atoms with van der Waals surface area (Å²) in [7, 11) is 3.26. The smallest absolute Gasteiger partial charge is 0.220 e. The summed E-state index contributed by atoms with van der Waals surface area (Å²) >= 11 is 0. The predicted molar refractivity (Wildman–Crippen MR) is 92.8 cm³/mol. The third kappa shape index (κ3) is 5.83. The molecule has 0 unspecified atom stereocenters. The van der Waals surface area contributed by atoms with Crippen molar-refractivity contribution in [1.29, 1.82) is 0 Å². The quantitative estimate of drug-likeness (QED) is 0.719. The molecule has 0 radical (unpaired) electrons. The van der Waals surface area contributed by atoms with Gasteiger partial charge in [-0.05, 0) is 48.4 Å². The van der Waals surface area contributed by atoms with Gasteiger partial charge in [-0.25, -0.2) is 0 Å². The number of benzene rings is 2. The topological polar surface area (TPSA) is 56.8 Å². The number of amides is 1. The molecule has 2 rings (SSSR count). The molecule has 0 atom stereocenters. The van der Waals surface area contributed by atoms with E-state index in [4.69, 9.17) is 14.2 Å². The van der Waals surface area contributed by atoms with Crippen LogP contribution < -0.4 is 19.5 Å². The molecule has 24 heavy (non-hydrogen) atoms. The van der Waals surface area contributed by atoms with Gasteiger partial charge in [0.15, 0.2) is 0 Å². The second-order valence-corrected chi connectivity index (χ2v) is 5.23. The molecular weight excluding hydrogens is 306 g/mol. The van der Waals surface area contributed by atoms with Crippen LogP contribution >= 0.6 is 0 Å². The van der Waals surface area contributed by atoms with Crippen molar-refractivity contribution >= 4 is 5.91 Å². The molecule has 0 aliphatic carbocycles. The fourth-order valence-electron chi connectivity index (χ4n) is 2.21. The van der Waals surface area contributed by atoms with Gasteiger partial charge in [0.05, 0.1) is 20.8 Å². The Morgan fingerprint density at radius 3 is 2.38 bits per heavy atom. The lowest BCUT2D eigenvalue weighted by Crippen LogP contribution is -2.28. The summed E-state index contributed by atoms with van der Waals surface area (Å²) in [5, 5.41) is 2.85. The van der Waals surface area contributed by atoms with Crippen molar-refractivity contribution in [2.24, 2.45) is 0 Å². The molecule has 5 heteroatoms. The average molecular weight is 329 g/mol. The lowest BCUT2D eigenvalue weighted by atomic mass is 10.1. The monoisotopic (exact) mass is 329 g/mol. The summed E-state index contributed by atoms with van der Waals surface area (Å²) in [4.78, 5) is 11.9. The zero-order chi connectivity index (χ0) is 17.2. The van der Waals surface area contributed by atoms with Gasteiger partial charge in [-0.2, -0.15) is 0 Å². The number of methoxy groups -OCH3 is 2. The van der Waals surface area contributed by atoms with E-state index in [0.29, 0.717) is 26.0 Å². The molecule has 1 amide bonds. The highest BCUT2D eigenvalue weighted by Gasteiger charge is 2.03. The average Bonchev–Trinajstić information content (AvgIpc) is 2.64. The predicted octanol–water partition coefficient (Wildman–Crippen LogP) is 2.83. The molecule has 0 aliphatic heterocycles. The molecule has 0 aliphatic rings. The number of ether oxygens (including phenoxy) is 3. The van der Waals surface area contributed by atoms with Gasteiger partial charge >= 0.3 is 0 Å². The lowest BCUT2D eigenvalue weighted by Gasteiger charge is -2.09. The fourth-order valence-corrected chi connectivity index (χ4v) is 2.21. The van der Waals surface area contributed by atoms with Crippen LogP contribution in [-0.4, -0.2) is 33.3 Å². The van der Waals surface area contributed by atoms with Crippen LogP contribution in [0.25, 0.3) is 0 Å². The van der Waals surface area contributed by atoms with Crippen LogP contribution in [0.4, 0.5) is 0 Å². The number of hydrogen-bond donors (Lipinski definition) is 1. The Hall–Kier alpha value is -2.69. The van der Waals surface area contributed by atoms with E-state index in [2.05, 4.69) is 5.32 Å². The van der Waals surface area contributed by atoms with Crippen LogP contribution in [0.2, 0.25) is 0 Å². The molecule has 0 saturated carbocycles. The molecule has 5 nitrogen and oxygen atoms in total. The SMILES string of the molecule is COc1ccc(OCCNC(=O)CCc2cccc(OC)c2)cc1. The van der Waals surface area contributed by atoms with Gasteiger partial charge in [-0.15, -0.1) is 0 Å². The number of carbonyl (C=O) groups is 1. The number of nitrogens with one attached hydrogen (secondary N) is 1. The van der Waals surface area contributed by atoms with E-state index in [1.54, 1.807) is 14.2 Å². The van der Waals surface area contributed by atoms with E-state index in [1.807, 2.05) is 48.5 Å². The molecule has 1 N–H and O–H groups in total. The van der Waals surface area contributed by atoms with Gasteiger partial charge in [0.25, 0.3) is 0 Å². The first-order valence-electron chi connectivity index (χ1n) is 7.88. The first-order chi connectivity index (χ1) is 11.7. The van der Waals surface area contributed by atoms with Gasteiger partial charge in [0, 0.05) is 6.42 Å².